The number of hydrogen-bond donors (Lipinski definition) is 2. The van der Waals surface area contributed by atoms with Crippen LogP contribution in [0.5, 0.6) is 0 Å². The number of carbonyl (C=O) groups is 2. The zero-order valence-electron chi connectivity index (χ0n) is 11.1. The topological polar surface area (TPSA) is 75.4 Å². The van der Waals surface area contributed by atoms with Crippen molar-refractivity contribution in [2.45, 2.75) is 25.4 Å². The summed E-state index contributed by atoms with van der Waals surface area (Å²) in [4.78, 5) is 25.4. The molecule has 2 rings (SSSR count). The summed E-state index contributed by atoms with van der Waals surface area (Å²) >= 11 is 5.89. The summed E-state index contributed by atoms with van der Waals surface area (Å²) in [5, 5.41) is 3.48. The van der Waals surface area contributed by atoms with E-state index in [4.69, 9.17) is 17.3 Å². The number of nitrogens with zero attached hydrogens (tertiary/aromatic N) is 1. The van der Waals surface area contributed by atoms with E-state index in [-0.39, 0.29) is 18.4 Å². The summed E-state index contributed by atoms with van der Waals surface area (Å²) < 4.78 is 0. The first-order chi connectivity index (χ1) is 9.61. The van der Waals surface area contributed by atoms with Gasteiger partial charge in [-0.15, -0.1) is 0 Å². The minimum absolute atomic E-state index is 0.0575. The highest BCUT2D eigenvalue weighted by molar-refractivity contribution is 6.30. The SMILES string of the molecule is NCC(=O)N1CCC[C@H]1C(=O)NCc1cccc(Cl)c1. The Hall–Kier alpha value is -1.59. The quantitative estimate of drug-likeness (QED) is 0.867. The summed E-state index contributed by atoms with van der Waals surface area (Å²) in [6.45, 7) is 0.948. The second-order valence-electron chi connectivity index (χ2n) is 4.80. The Bertz CT molecular complexity index is 507. The molecule has 1 aliphatic rings. The van der Waals surface area contributed by atoms with Crippen molar-refractivity contribution in [1.29, 1.82) is 0 Å². The standard InChI is InChI=1S/C14H18ClN3O2/c15-11-4-1-3-10(7-11)9-17-14(20)12-5-2-6-18(12)13(19)8-16/h1,3-4,7,12H,2,5-6,8-9,16H2,(H,17,20)/t12-/m0/s1. The average molecular weight is 296 g/mol. The van der Waals surface area contributed by atoms with E-state index in [1.165, 1.54) is 0 Å². The highest BCUT2D eigenvalue weighted by Gasteiger charge is 2.33. The van der Waals surface area contributed by atoms with Crippen molar-refractivity contribution in [3.63, 3.8) is 0 Å². The van der Waals surface area contributed by atoms with Crippen LogP contribution in [0.25, 0.3) is 0 Å². The second kappa shape index (κ2) is 6.72. The summed E-state index contributed by atoms with van der Waals surface area (Å²) in [5.41, 5.74) is 6.29. The number of nitrogens with two attached hydrogens (primary N) is 1. The molecular formula is C14H18ClN3O2. The number of benzene rings is 1. The van der Waals surface area contributed by atoms with Gasteiger partial charge in [0, 0.05) is 18.1 Å². The van der Waals surface area contributed by atoms with Crippen molar-refractivity contribution in [2.75, 3.05) is 13.1 Å². The maximum atomic E-state index is 12.2. The monoisotopic (exact) mass is 295 g/mol. The Morgan fingerprint density at radius 3 is 2.95 bits per heavy atom. The van der Waals surface area contributed by atoms with Gasteiger partial charge in [-0.25, -0.2) is 0 Å². The summed E-state index contributed by atoms with van der Waals surface area (Å²) in [6.07, 6.45) is 1.52. The number of amides is 2. The van der Waals surface area contributed by atoms with E-state index >= 15 is 0 Å². The van der Waals surface area contributed by atoms with Crippen LogP contribution in [0.4, 0.5) is 0 Å². The number of likely N-dealkylation sites (tertiary alicyclic amines) is 1. The van der Waals surface area contributed by atoms with Crippen LogP contribution in [-0.4, -0.2) is 35.8 Å². The lowest BCUT2D eigenvalue weighted by Crippen LogP contribution is -2.47. The molecular weight excluding hydrogens is 278 g/mol. The fourth-order valence-corrected chi connectivity index (χ4v) is 2.62. The molecule has 6 heteroatoms. The molecule has 0 unspecified atom stereocenters. The Morgan fingerprint density at radius 2 is 2.25 bits per heavy atom. The normalized spacial score (nSPS) is 18.1. The maximum Gasteiger partial charge on any atom is 0.243 e. The van der Waals surface area contributed by atoms with Crippen molar-refractivity contribution in [3.05, 3.63) is 34.9 Å². The molecule has 1 aliphatic heterocycles. The van der Waals surface area contributed by atoms with Gasteiger partial charge in [-0.2, -0.15) is 0 Å². The summed E-state index contributed by atoms with van der Waals surface area (Å²) in [5.74, 6) is -0.310. The third kappa shape index (κ3) is 3.49. The molecule has 0 spiro atoms. The molecule has 1 heterocycles. The lowest BCUT2D eigenvalue weighted by atomic mass is 10.2. The van der Waals surface area contributed by atoms with Crippen LogP contribution in [-0.2, 0) is 16.1 Å². The van der Waals surface area contributed by atoms with Crippen molar-refractivity contribution in [1.82, 2.24) is 10.2 Å². The number of halogens is 1. The molecule has 0 saturated carbocycles. The first kappa shape index (κ1) is 14.8. The molecule has 1 saturated heterocycles. The lowest BCUT2D eigenvalue weighted by molar-refractivity contribution is -0.137. The summed E-state index contributed by atoms with van der Waals surface area (Å²) in [7, 11) is 0. The van der Waals surface area contributed by atoms with Crippen molar-refractivity contribution < 1.29 is 9.59 Å². The molecule has 5 nitrogen and oxygen atoms in total. The molecule has 0 aliphatic carbocycles. The van der Waals surface area contributed by atoms with E-state index in [0.717, 1.165) is 12.0 Å². The van der Waals surface area contributed by atoms with Gasteiger partial charge in [-0.1, -0.05) is 23.7 Å². The first-order valence-corrected chi connectivity index (χ1v) is 7.01. The predicted molar refractivity (Wildman–Crippen MR) is 77.1 cm³/mol. The van der Waals surface area contributed by atoms with Crippen LogP contribution in [0, 0.1) is 0 Å². The highest BCUT2D eigenvalue weighted by atomic mass is 35.5. The van der Waals surface area contributed by atoms with Crippen LogP contribution in [0.15, 0.2) is 24.3 Å². The molecule has 0 bridgehead atoms. The van der Waals surface area contributed by atoms with Crippen LogP contribution in [0.1, 0.15) is 18.4 Å². The van der Waals surface area contributed by atoms with Gasteiger partial charge in [0.1, 0.15) is 6.04 Å². The number of carbonyl (C=O) groups excluding carboxylic acids is 2. The Balaban J connectivity index is 1.93. The van der Waals surface area contributed by atoms with E-state index in [9.17, 15) is 9.59 Å². The van der Waals surface area contributed by atoms with Crippen molar-refractivity contribution in [2.24, 2.45) is 5.73 Å². The van der Waals surface area contributed by atoms with Crippen LogP contribution in [0.3, 0.4) is 0 Å². The minimum Gasteiger partial charge on any atom is -0.350 e. The van der Waals surface area contributed by atoms with Gasteiger partial charge < -0.3 is 16.0 Å². The van der Waals surface area contributed by atoms with Gasteiger partial charge in [0.05, 0.1) is 6.54 Å². The van der Waals surface area contributed by atoms with Crippen LogP contribution < -0.4 is 11.1 Å². The van der Waals surface area contributed by atoms with Gasteiger partial charge in [0.15, 0.2) is 0 Å². The first-order valence-electron chi connectivity index (χ1n) is 6.63. The molecule has 1 aromatic carbocycles. The largest absolute Gasteiger partial charge is 0.350 e. The zero-order valence-corrected chi connectivity index (χ0v) is 11.9. The van der Waals surface area contributed by atoms with Gasteiger partial charge in [0.25, 0.3) is 0 Å². The predicted octanol–water partition coefficient (Wildman–Crippen LogP) is 0.906. The van der Waals surface area contributed by atoms with Gasteiger partial charge in [-0.3, -0.25) is 9.59 Å². The van der Waals surface area contributed by atoms with E-state index in [0.29, 0.717) is 24.5 Å². The summed E-state index contributed by atoms with van der Waals surface area (Å²) in [6, 6.07) is 6.92. The molecule has 20 heavy (non-hydrogen) atoms. The minimum atomic E-state index is -0.398. The number of nitrogens with one attached hydrogen (secondary N) is 1. The molecule has 0 aromatic heterocycles. The molecule has 2 amide bonds. The van der Waals surface area contributed by atoms with Crippen molar-refractivity contribution >= 4 is 23.4 Å². The van der Waals surface area contributed by atoms with Crippen LogP contribution in [0.2, 0.25) is 5.02 Å². The Kier molecular flexibility index (Phi) is 4.98. The molecule has 108 valence electrons. The lowest BCUT2D eigenvalue weighted by Gasteiger charge is -2.23. The van der Waals surface area contributed by atoms with E-state index in [1.807, 2.05) is 12.1 Å². The second-order valence-corrected chi connectivity index (χ2v) is 5.23. The number of rotatable bonds is 4. The van der Waals surface area contributed by atoms with Crippen LogP contribution >= 0.6 is 11.6 Å². The van der Waals surface area contributed by atoms with Crippen molar-refractivity contribution in [3.8, 4) is 0 Å². The number of hydrogen-bond acceptors (Lipinski definition) is 3. The van der Waals surface area contributed by atoms with Gasteiger partial charge in [-0.05, 0) is 30.5 Å². The fraction of sp³-hybridized carbons (Fsp3) is 0.429. The van der Waals surface area contributed by atoms with E-state index in [1.54, 1.807) is 17.0 Å². The average Bonchev–Trinajstić information content (AvgIpc) is 2.93. The zero-order chi connectivity index (χ0) is 14.5. The molecule has 1 fully saturated rings. The molecule has 0 radical (unpaired) electrons. The van der Waals surface area contributed by atoms with Gasteiger partial charge in [0.2, 0.25) is 11.8 Å². The fourth-order valence-electron chi connectivity index (χ4n) is 2.41. The van der Waals surface area contributed by atoms with Gasteiger partial charge >= 0.3 is 0 Å². The molecule has 1 aromatic rings. The third-order valence-corrected chi connectivity index (χ3v) is 3.64. The smallest absolute Gasteiger partial charge is 0.243 e. The molecule has 1 atom stereocenters. The Morgan fingerprint density at radius 1 is 1.45 bits per heavy atom. The Labute approximate surface area is 123 Å². The maximum absolute atomic E-state index is 12.2. The van der Waals surface area contributed by atoms with E-state index < -0.39 is 6.04 Å². The third-order valence-electron chi connectivity index (χ3n) is 3.41. The highest BCUT2D eigenvalue weighted by Crippen LogP contribution is 2.17. The molecule has 3 N–H and O–H groups in total. The van der Waals surface area contributed by atoms with E-state index in [2.05, 4.69) is 5.32 Å².